The standard InChI is InChI=1S/C11H19N3O/c1-8-6-10(7-9(2)15-8)12-11-4-5-14(3)13-11/h4-5,8-10H,6-7H2,1-3H3,(H,12,13)/t8-,9-/m1/s1. The third-order valence-corrected chi connectivity index (χ3v) is 2.76. The molecule has 84 valence electrons. The van der Waals surface area contributed by atoms with Crippen LogP contribution in [-0.4, -0.2) is 28.0 Å². The lowest BCUT2D eigenvalue weighted by Crippen LogP contribution is -2.37. The van der Waals surface area contributed by atoms with Crippen LogP contribution >= 0.6 is 0 Å². The fraction of sp³-hybridized carbons (Fsp3) is 0.727. The molecule has 4 nitrogen and oxygen atoms in total. The summed E-state index contributed by atoms with van der Waals surface area (Å²) in [7, 11) is 1.93. The summed E-state index contributed by atoms with van der Waals surface area (Å²) < 4.78 is 7.51. The molecule has 0 aromatic carbocycles. The van der Waals surface area contributed by atoms with Gasteiger partial charge in [0.1, 0.15) is 5.82 Å². The van der Waals surface area contributed by atoms with Crippen molar-refractivity contribution in [3.63, 3.8) is 0 Å². The Morgan fingerprint density at radius 1 is 1.40 bits per heavy atom. The Hall–Kier alpha value is -1.03. The second-order valence-corrected chi connectivity index (χ2v) is 4.44. The SMILES string of the molecule is C[C@@H]1CC(Nc2ccn(C)n2)C[C@@H](C)O1. The van der Waals surface area contributed by atoms with E-state index in [-0.39, 0.29) is 0 Å². The number of hydrogen-bond acceptors (Lipinski definition) is 3. The number of nitrogens with one attached hydrogen (secondary N) is 1. The number of aromatic nitrogens is 2. The van der Waals surface area contributed by atoms with E-state index in [1.165, 1.54) is 0 Å². The number of anilines is 1. The minimum atomic E-state index is 0.343. The van der Waals surface area contributed by atoms with Crippen LogP contribution in [0.5, 0.6) is 0 Å². The van der Waals surface area contributed by atoms with E-state index in [2.05, 4.69) is 24.3 Å². The van der Waals surface area contributed by atoms with E-state index >= 15 is 0 Å². The van der Waals surface area contributed by atoms with Crippen LogP contribution in [0.2, 0.25) is 0 Å². The van der Waals surface area contributed by atoms with Gasteiger partial charge in [0.15, 0.2) is 0 Å². The van der Waals surface area contributed by atoms with E-state index in [0.717, 1.165) is 18.7 Å². The molecule has 1 aliphatic rings. The lowest BCUT2D eigenvalue weighted by atomic mass is 10.00. The van der Waals surface area contributed by atoms with E-state index in [1.54, 1.807) is 0 Å². The highest BCUT2D eigenvalue weighted by Gasteiger charge is 2.24. The lowest BCUT2D eigenvalue weighted by Gasteiger charge is -2.32. The Labute approximate surface area is 90.6 Å². The molecule has 1 fully saturated rings. The van der Waals surface area contributed by atoms with E-state index in [9.17, 15) is 0 Å². The fourth-order valence-electron chi connectivity index (χ4n) is 2.22. The second-order valence-electron chi connectivity index (χ2n) is 4.44. The predicted octanol–water partition coefficient (Wildman–Crippen LogP) is 1.79. The lowest BCUT2D eigenvalue weighted by molar-refractivity contribution is -0.0338. The largest absolute Gasteiger partial charge is 0.375 e. The Balaban J connectivity index is 1.94. The monoisotopic (exact) mass is 209 g/mol. The average Bonchev–Trinajstić information content (AvgIpc) is 2.49. The number of nitrogens with zero attached hydrogens (tertiary/aromatic N) is 2. The molecule has 1 aromatic heterocycles. The quantitative estimate of drug-likeness (QED) is 0.807. The van der Waals surface area contributed by atoms with E-state index in [1.807, 2.05) is 24.0 Å². The number of hydrogen-bond donors (Lipinski definition) is 1. The first-order valence-corrected chi connectivity index (χ1v) is 5.55. The Morgan fingerprint density at radius 2 is 2.07 bits per heavy atom. The Kier molecular flexibility index (Phi) is 2.95. The van der Waals surface area contributed by atoms with Gasteiger partial charge in [0, 0.05) is 25.4 Å². The summed E-state index contributed by atoms with van der Waals surface area (Å²) in [6.07, 6.45) is 4.75. The zero-order chi connectivity index (χ0) is 10.8. The third-order valence-electron chi connectivity index (χ3n) is 2.76. The van der Waals surface area contributed by atoms with Gasteiger partial charge in [-0.3, -0.25) is 4.68 Å². The van der Waals surface area contributed by atoms with E-state index in [0.29, 0.717) is 18.2 Å². The highest BCUT2D eigenvalue weighted by Crippen LogP contribution is 2.21. The van der Waals surface area contributed by atoms with Gasteiger partial charge in [-0.25, -0.2) is 0 Å². The van der Waals surface area contributed by atoms with E-state index < -0.39 is 0 Å². The Bertz CT molecular complexity index is 313. The van der Waals surface area contributed by atoms with Crippen LogP contribution in [0.15, 0.2) is 12.3 Å². The molecular weight excluding hydrogens is 190 g/mol. The topological polar surface area (TPSA) is 39.1 Å². The van der Waals surface area contributed by atoms with Gasteiger partial charge < -0.3 is 10.1 Å². The maximum Gasteiger partial charge on any atom is 0.148 e. The molecule has 1 saturated heterocycles. The fourth-order valence-corrected chi connectivity index (χ4v) is 2.22. The third kappa shape index (κ3) is 2.72. The van der Waals surface area contributed by atoms with Crippen molar-refractivity contribution in [3.05, 3.63) is 12.3 Å². The molecule has 2 atom stereocenters. The van der Waals surface area contributed by atoms with Crippen LogP contribution in [0.1, 0.15) is 26.7 Å². The van der Waals surface area contributed by atoms with Crippen molar-refractivity contribution in [3.8, 4) is 0 Å². The first kappa shape index (κ1) is 10.5. The second kappa shape index (κ2) is 4.23. The van der Waals surface area contributed by atoms with Crippen molar-refractivity contribution in [2.75, 3.05) is 5.32 Å². The molecule has 0 aliphatic carbocycles. The molecule has 4 heteroatoms. The number of aryl methyl sites for hydroxylation is 1. The van der Waals surface area contributed by atoms with Crippen molar-refractivity contribution >= 4 is 5.82 Å². The summed E-state index contributed by atoms with van der Waals surface area (Å²) in [5, 5.41) is 7.77. The predicted molar refractivity (Wildman–Crippen MR) is 59.9 cm³/mol. The molecule has 0 unspecified atom stereocenters. The van der Waals surface area contributed by atoms with Crippen molar-refractivity contribution in [1.82, 2.24) is 9.78 Å². The zero-order valence-corrected chi connectivity index (χ0v) is 9.60. The van der Waals surface area contributed by atoms with Gasteiger partial charge in [-0.1, -0.05) is 0 Å². The molecular formula is C11H19N3O. The highest BCUT2D eigenvalue weighted by atomic mass is 16.5. The van der Waals surface area contributed by atoms with Crippen molar-refractivity contribution in [1.29, 1.82) is 0 Å². The van der Waals surface area contributed by atoms with Crippen LogP contribution in [-0.2, 0) is 11.8 Å². The van der Waals surface area contributed by atoms with Gasteiger partial charge in [0.05, 0.1) is 12.2 Å². The van der Waals surface area contributed by atoms with Gasteiger partial charge in [-0.05, 0) is 26.7 Å². The highest BCUT2D eigenvalue weighted by molar-refractivity contribution is 5.33. The summed E-state index contributed by atoms with van der Waals surface area (Å²) in [5.74, 6) is 0.962. The number of ether oxygens (including phenoxy) is 1. The maximum absolute atomic E-state index is 5.69. The summed E-state index contributed by atoms with van der Waals surface area (Å²) in [6.45, 7) is 4.26. The van der Waals surface area contributed by atoms with Crippen LogP contribution in [0.4, 0.5) is 5.82 Å². The normalized spacial score (nSPS) is 31.5. The molecule has 0 saturated carbocycles. The summed E-state index contributed by atoms with van der Waals surface area (Å²) in [5.41, 5.74) is 0. The smallest absolute Gasteiger partial charge is 0.148 e. The maximum atomic E-state index is 5.69. The van der Waals surface area contributed by atoms with Crippen molar-refractivity contribution < 1.29 is 4.74 Å². The van der Waals surface area contributed by atoms with Crippen LogP contribution < -0.4 is 5.32 Å². The first-order chi connectivity index (χ1) is 7.13. The summed E-state index contributed by atoms with van der Waals surface area (Å²) >= 11 is 0. The van der Waals surface area contributed by atoms with Gasteiger partial charge in [0.25, 0.3) is 0 Å². The first-order valence-electron chi connectivity index (χ1n) is 5.55. The van der Waals surface area contributed by atoms with Crippen molar-refractivity contribution in [2.45, 2.75) is 44.9 Å². The van der Waals surface area contributed by atoms with Gasteiger partial charge in [-0.2, -0.15) is 5.10 Å². The average molecular weight is 209 g/mol. The minimum Gasteiger partial charge on any atom is -0.375 e. The molecule has 1 aliphatic heterocycles. The number of rotatable bonds is 2. The molecule has 0 spiro atoms. The van der Waals surface area contributed by atoms with Crippen LogP contribution in [0, 0.1) is 0 Å². The molecule has 1 aromatic rings. The molecule has 2 heterocycles. The van der Waals surface area contributed by atoms with Gasteiger partial charge in [0.2, 0.25) is 0 Å². The summed E-state index contributed by atoms with van der Waals surface area (Å²) in [4.78, 5) is 0. The summed E-state index contributed by atoms with van der Waals surface area (Å²) in [6, 6.07) is 2.49. The zero-order valence-electron chi connectivity index (χ0n) is 9.60. The van der Waals surface area contributed by atoms with Crippen LogP contribution in [0.3, 0.4) is 0 Å². The molecule has 2 rings (SSSR count). The van der Waals surface area contributed by atoms with Gasteiger partial charge in [-0.15, -0.1) is 0 Å². The molecule has 1 N–H and O–H groups in total. The van der Waals surface area contributed by atoms with Crippen LogP contribution in [0.25, 0.3) is 0 Å². The molecule has 0 bridgehead atoms. The van der Waals surface area contributed by atoms with Gasteiger partial charge >= 0.3 is 0 Å². The molecule has 15 heavy (non-hydrogen) atoms. The molecule has 0 radical (unpaired) electrons. The minimum absolute atomic E-state index is 0.343. The molecule has 0 amide bonds. The Morgan fingerprint density at radius 3 is 2.60 bits per heavy atom. The van der Waals surface area contributed by atoms with E-state index in [4.69, 9.17) is 4.74 Å². The van der Waals surface area contributed by atoms with Crippen molar-refractivity contribution in [2.24, 2.45) is 7.05 Å².